The van der Waals surface area contributed by atoms with Gasteiger partial charge in [-0.1, -0.05) is 37.1 Å². The topological polar surface area (TPSA) is 38.3 Å². The largest absolute Gasteiger partial charge is 0.494 e. The molecule has 0 bridgehead atoms. The summed E-state index contributed by atoms with van der Waals surface area (Å²) in [6, 6.07) is 10.6. The van der Waals surface area contributed by atoms with Gasteiger partial charge >= 0.3 is 6.18 Å². The molecule has 0 fully saturated rings. The van der Waals surface area contributed by atoms with Crippen LogP contribution < -0.4 is 10.1 Å². The number of rotatable bonds is 8. The number of benzene rings is 2. The fraction of sp³-hybridized carbons (Fsp3) is 0.350. The van der Waals surface area contributed by atoms with Gasteiger partial charge in [0.2, 0.25) is 5.91 Å². The summed E-state index contributed by atoms with van der Waals surface area (Å²) in [5.41, 5.74) is 0.322. The van der Waals surface area contributed by atoms with Gasteiger partial charge in [0, 0.05) is 6.42 Å². The average molecular weight is 400 g/mol. The van der Waals surface area contributed by atoms with Crippen LogP contribution in [0, 0.1) is 0 Å². The van der Waals surface area contributed by atoms with Crippen molar-refractivity contribution in [2.24, 2.45) is 0 Å². The van der Waals surface area contributed by atoms with Crippen LogP contribution in [0.15, 0.2) is 42.5 Å². The number of carbonyl (C=O) groups is 1. The van der Waals surface area contributed by atoms with E-state index in [2.05, 4.69) is 12.2 Å². The molecule has 0 aliphatic heterocycles. The van der Waals surface area contributed by atoms with Gasteiger partial charge in [-0.25, -0.2) is 0 Å². The standard InChI is InChI=1S/C20H21ClF3NO2/c1-2-4-14-6-9-16(10-7-14)27-12-3-5-19(26)25-18-13-15(20(22,23)24)8-11-17(18)21/h6-11,13H,2-5,12H2,1H3,(H,25,26). The van der Waals surface area contributed by atoms with Crippen LogP contribution in [0.3, 0.4) is 0 Å². The monoisotopic (exact) mass is 399 g/mol. The molecule has 0 aliphatic rings. The predicted molar refractivity (Wildman–Crippen MR) is 100 cm³/mol. The zero-order valence-electron chi connectivity index (χ0n) is 14.9. The third-order valence-electron chi connectivity index (χ3n) is 3.85. The first-order chi connectivity index (χ1) is 12.8. The molecule has 1 amide bonds. The maximum absolute atomic E-state index is 12.7. The van der Waals surface area contributed by atoms with E-state index in [1.165, 1.54) is 5.56 Å². The second-order valence-electron chi connectivity index (χ2n) is 6.09. The van der Waals surface area contributed by atoms with Gasteiger partial charge in [0.1, 0.15) is 5.75 Å². The highest BCUT2D eigenvalue weighted by atomic mass is 35.5. The lowest BCUT2D eigenvalue weighted by atomic mass is 10.1. The molecule has 2 aromatic carbocycles. The maximum Gasteiger partial charge on any atom is 0.416 e. The summed E-state index contributed by atoms with van der Waals surface area (Å²) in [7, 11) is 0. The first-order valence-electron chi connectivity index (χ1n) is 8.68. The van der Waals surface area contributed by atoms with Crippen LogP contribution in [-0.4, -0.2) is 12.5 Å². The van der Waals surface area contributed by atoms with Crippen LogP contribution in [0.5, 0.6) is 5.75 Å². The molecule has 0 aliphatic carbocycles. The maximum atomic E-state index is 12.7. The van der Waals surface area contributed by atoms with Crippen LogP contribution in [-0.2, 0) is 17.4 Å². The zero-order chi connectivity index (χ0) is 19.9. The quantitative estimate of drug-likeness (QED) is 0.544. The summed E-state index contributed by atoms with van der Waals surface area (Å²) in [4.78, 5) is 11.9. The Kier molecular flexibility index (Phi) is 7.54. The molecule has 3 nitrogen and oxygen atoms in total. The smallest absolute Gasteiger partial charge is 0.416 e. The molecule has 2 rings (SSSR count). The Hall–Kier alpha value is -2.21. The van der Waals surface area contributed by atoms with Crippen molar-refractivity contribution in [3.05, 3.63) is 58.6 Å². The van der Waals surface area contributed by atoms with E-state index in [1.807, 2.05) is 24.3 Å². The number of hydrogen-bond donors (Lipinski definition) is 1. The van der Waals surface area contributed by atoms with Gasteiger partial charge in [-0.2, -0.15) is 13.2 Å². The molecule has 0 radical (unpaired) electrons. The first-order valence-corrected chi connectivity index (χ1v) is 9.05. The fourth-order valence-corrected chi connectivity index (χ4v) is 2.64. The van der Waals surface area contributed by atoms with E-state index in [0.29, 0.717) is 13.0 Å². The predicted octanol–water partition coefficient (Wildman–Crippen LogP) is 6.11. The van der Waals surface area contributed by atoms with E-state index in [-0.39, 0.29) is 17.1 Å². The van der Waals surface area contributed by atoms with Gasteiger partial charge < -0.3 is 10.1 Å². The molecule has 146 valence electrons. The first kappa shape index (κ1) is 21.1. The Morgan fingerprint density at radius 1 is 1.15 bits per heavy atom. The molecule has 0 heterocycles. The Labute approximate surface area is 161 Å². The van der Waals surface area contributed by atoms with Crippen LogP contribution in [0.2, 0.25) is 5.02 Å². The number of nitrogens with one attached hydrogen (secondary N) is 1. The Morgan fingerprint density at radius 3 is 2.48 bits per heavy atom. The van der Waals surface area contributed by atoms with Crippen molar-refractivity contribution in [1.82, 2.24) is 0 Å². The Bertz CT molecular complexity index is 761. The van der Waals surface area contributed by atoms with E-state index < -0.39 is 17.6 Å². The highest BCUT2D eigenvalue weighted by molar-refractivity contribution is 6.33. The number of hydrogen-bond acceptors (Lipinski definition) is 2. The number of ether oxygens (including phenoxy) is 1. The molecule has 0 saturated carbocycles. The summed E-state index contributed by atoms with van der Waals surface area (Å²) < 4.78 is 43.8. The summed E-state index contributed by atoms with van der Waals surface area (Å²) in [6.45, 7) is 2.44. The van der Waals surface area contributed by atoms with E-state index in [4.69, 9.17) is 16.3 Å². The highest BCUT2D eigenvalue weighted by Crippen LogP contribution is 2.33. The SMILES string of the molecule is CCCc1ccc(OCCCC(=O)Nc2cc(C(F)(F)F)ccc2Cl)cc1. The highest BCUT2D eigenvalue weighted by Gasteiger charge is 2.31. The number of amides is 1. The molecule has 0 saturated heterocycles. The number of alkyl halides is 3. The minimum absolute atomic E-state index is 0.0519. The zero-order valence-corrected chi connectivity index (χ0v) is 15.7. The van der Waals surface area contributed by atoms with Gasteiger partial charge in [-0.3, -0.25) is 4.79 Å². The van der Waals surface area contributed by atoms with Crippen LogP contribution in [0.4, 0.5) is 18.9 Å². The number of anilines is 1. The molecule has 7 heteroatoms. The molecular formula is C20H21ClF3NO2. The molecule has 1 N–H and O–H groups in total. The second kappa shape index (κ2) is 9.65. The lowest BCUT2D eigenvalue weighted by Gasteiger charge is -2.12. The van der Waals surface area contributed by atoms with Crippen molar-refractivity contribution in [3.63, 3.8) is 0 Å². The Balaban J connectivity index is 1.79. The van der Waals surface area contributed by atoms with Gasteiger partial charge in [-0.05, 0) is 48.7 Å². The minimum Gasteiger partial charge on any atom is -0.494 e. The lowest BCUT2D eigenvalue weighted by Crippen LogP contribution is -2.14. The molecule has 27 heavy (non-hydrogen) atoms. The van der Waals surface area contributed by atoms with E-state index >= 15 is 0 Å². The molecule has 0 spiro atoms. The van der Waals surface area contributed by atoms with E-state index in [1.54, 1.807) is 0 Å². The fourth-order valence-electron chi connectivity index (χ4n) is 2.47. The number of carbonyl (C=O) groups excluding carboxylic acids is 1. The number of aryl methyl sites for hydroxylation is 1. The third-order valence-corrected chi connectivity index (χ3v) is 4.18. The summed E-state index contributed by atoms with van der Waals surface area (Å²) in [5, 5.41) is 2.47. The van der Waals surface area contributed by atoms with Gasteiger partial charge in [-0.15, -0.1) is 0 Å². The Morgan fingerprint density at radius 2 is 1.85 bits per heavy atom. The summed E-state index contributed by atoms with van der Waals surface area (Å²) >= 11 is 5.86. The number of halogens is 4. The van der Waals surface area contributed by atoms with Crippen molar-refractivity contribution >= 4 is 23.2 Å². The van der Waals surface area contributed by atoms with Crippen LogP contribution in [0.1, 0.15) is 37.3 Å². The molecule has 0 atom stereocenters. The molecule has 0 aromatic heterocycles. The van der Waals surface area contributed by atoms with Crippen molar-refractivity contribution in [1.29, 1.82) is 0 Å². The summed E-state index contributed by atoms with van der Waals surface area (Å²) in [5.74, 6) is 0.300. The van der Waals surface area contributed by atoms with E-state index in [9.17, 15) is 18.0 Å². The van der Waals surface area contributed by atoms with Gasteiger partial charge in [0.25, 0.3) is 0 Å². The van der Waals surface area contributed by atoms with Gasteiger partial charge in [0.15, 0.2) is 0 Å². The molecule has 2 aromatic rings. The van der Waals surface area contributed by atoms with Crippen LogP contribution in [0.25, 0.3) is 0 Å². The minimum atomic E-state index is -4.50. The van der Waals surface area contributed by atoms with E-state index in [0.717, 1.165) is 36.8 Å². The van der Waals surface area contributed by atoms with Crippen molar-refractivity contribution in [3.8, 4) is 5.75 Å². The van der Waals surface area contributed by atoms with Crippen LogP contribution >= 0.6 is 11.6 Å². The third kappa shape index (κ3) is 6.79. The molecule has 0 unspecified atom stereocenters. The van der Waals surface area contributed by atoms with Gasteiger partial charge in [0.05, 0.1) is 22.9 Å². The van der Waals surface area contributed by atoms with Crippen molar-refractivity contribution in [2.75, 3.05) is 11.9 Å². The second-order valence-corrected chi connectivity index (χ2v) is 6.49. The summed E-state index contributed by atoms with van der Waals surface area (Å²) in [6.07, 6.45) is -1.87. The lowest BCUT2D eigenvalue weighted by molar-refractivity contribution is -0.137. The molecular weight excluding hydrogens is 379 g/mol. The van der Waals surface area contributed by atoms with Crippen molar-refractivity contribution in [2.45, 2.75) is 38.8 Å². The van der Waals surface area contributed by atoms with Crippen molar-refractivity contribution < 1.29 is 22.7 Å². The average Bonchev–Trinajstić information content (AvgIpc) is 2.61. The normalized spacial score (nSPS) is 11.3.